The summed E-state index contributed by atoms with van der Waals surface area (Å²) in [6, 6.07) is 9.68. The van der Waals surface area contributed by atoms with Crippen molar-refractivity contribution in [2.24, 2.45) is 12.5 Å². The maximum atomic E-state index is 13.4. The van der Waals surface area contributed by atoms with E-state index in [2.05, 4.69) is 10.3 Å². The van der Waals surface area contributed by atoms with Gasteiger partial charge in [0.1, 0.15) is 11.6 Å². The molecule has 3 saturated carbocycles. The molecule has 160 valence electrons. The van der Waals surface area contributed by atoms with Gasteiger partial charge < -0.3 is 14.6 Å². The number of fused-ring (bicyclic) bond motifs is 1. The number of hydrogen-bond donors (Lipinski definition) is 1. The quantitative estimate of drug-likeness (QED) is 0.561. The molecule has 3 aliphatic carbocycles. The Morgan fingerprint density at radius 2 is 2.00 bits per heavy atom. The van der Waals surface area contributed by atoms with E-state index in [1.54, 1.807) is 6.33 Å². The molecule has 1 amide bonds. The summed E-state index contributed by atoms with van der Waals surface area (Å²) < 4.78 is 20.7. The molecule has 6 rings (SSSR count). The van der Waals surface area contributed by atoms with Crippen molar-refractivity contribution in [1.82, 2.24) is 14.9 Å². The third kappa shape index (κ3) is 3.57. The highest BCUT2D eigenvalue weighted by molar-refractivity contribution is 6.30. The zero-order valence-electron chi connectivity index (χ0n) is 17.0. The molecule has 0 spiro atoms. The summed E-state index contributed by atoms with van der Waals surface area (Å²) in [5.41, 5.74) is 2.22. The number of aryl methyl sites for hydroxylation is 1. The SMILES string of the molecule is Cn1cnc2cc(C(=O)CC34CC(NC(=O)COc5ccc(Cl)c(F)c5)(C3)C4)ccc21. The zero-order chi connectivity index (χ0) is 21.8. The Balaban J connectivity index is 1.12. The molecule has 1 aromatic heterocycles. The first-order chi connectivity index (χ1) is 14.8. The number of amides is 1. The van der Waals surface area contributed by atoms with Crippen LogP contribution in [0.5, 0.6) is 5.75 Å². The standard InChI is InChI=1S/C23H21ClFN3O3/c1-28-13-26-18-6-14(2-5-19(18)28)20(29)8-22-10-23(11-22,12-22)27-21(30)9-31-15-3-4-16(24)17(25)7-15/h2-7,13H,8-12H2,1H3,(H,27,30). The summed E-state index contributed by atoms with van der Waals surface area (Å²) in [5, 5.41) is 3.02. The van der Waals surface area contributed by atoms with Gasteiger partial charge in [-0.05, 0) is 55.0 Å². The molecule has 0 aliphatic heterocycles. The molecule has 2 aromatic carbocycles. The van der Waals surface area contributed by atoms with E-state index < -0.39 is 5.82 Å². The molecule has 0 saturated heterocycles. The van der Waals surface area contributed by atoms with Gasteiger partial charge in [0.05, 0.1) is 22.4 Å². The van der Waals surface area contributed by atoms with Gasteiger partial charge in [-0.1, -0.05) is 11.6 Å². The molecule has 2 bridgehead atoms. The predicted octanol–water partition coefficient (Wildman–Crippen LogP) is 4.06. The average molecular weight is 442 g/mol. The van der Waals surface area contributed by atoms with Gasteiger partial charge in [-0.25, -0.2) is 9.37 Å². The van der Waals surface area contributed by atoms with Crippen LogP contribution < -0.4 is 10.1 Å². The van der Waals surface area contributed by atoms with Gasteiger partial charge in [-0.15, -0.1) is 0 Å². The molecule has 3 fully saturated rings. The van der Waals surface area contributed by atoms with Crippen molar-refractivity contribution in [3.05, 3.63) is 59.1 Å². The number of halogens is 2. The Hall–Kier alpha value is -2.93. The molecule has 1 N–H and O–H groups in total. The van der Waals surface area contributed by atoms with Crippen molar-refractivity contribution >= 4 is 34.3 Å². The van der Waals surface area contributed by atoms with E-state index >= 15 is 0 Å². The van der Waals surface area contributed by atoms with Gasteiger partial charge in [-0.2, -0.15) is 0 Å². The second-order valence-electron chi connectivity index (χ2n) is 8.88. The van der Waals surface area contributed by atoms with Gasteiger partial charge in [0.25, 0.3) is 5.91 Å². The van der Waals surface area contributed by atoms with Crippen LogP contribution in [0.1, 0.15) is 36.0 Å². The van der Waals surface area contributed by atoms with Gasteiger partial charge in [0, 0.05) is 30.6 Å². The Morgan fingerprint density at radius 1 is 1.23 bits per heavy atom. The second-order valence-corrected chi connectivity index (χ2v) is 9.29. The third-order valence-corrected chi connectivity index (χ3v) is 6.70. The first-order valence-corrected chi connectivity index (χ1v) is 10.5. The fourth-order valence-corrected chi connectivity index (χ4v) is 5.24. The topological polar surface area (TPSA) is 73.2 Å². The van der Waals surface area contributed by atoms with Crippen LogP contribution in [0.15, 0.2) is 42.7 Å². The largest absolute Gasteiger partial charge is 0.484 e. The van der Waals surface area contributed by atoms with Crippen LogP contribution in [0, 0.1) is 11.2 Å². The average Bonchev–Trinajstić information content (AvgIpc) is 3.06. The van der Waals surface area contributed by atoms with E-state index in [4.69, 9.17) is 16.3 Å². The maximum Gasteiger partial charge on any atom is 0.258 e. The number of imidazole rings is 1. The highest BCUT2D eigenvalue weighted by atomic mass is 35.5. The van der Waals surface area contributed by atoms with Crippen LogP contribution in [-0.4, -0.2) is 33.4 Å². The van der Waals surface area contributed by atoms with Crippen molar-refractivity contribution in [2.45, 2.75) is 31.2 Å². The summed E-state index contributed by atoms with van der Waals surface area (Å²) in [7, 11) is 1.92. The summed E-state index contributed by atoms with van der Waals surface area (Å²) >= 11 is 5.64. The predicted molar refractivity (Wildman–Crippen MR) is 114 cm³/mol. The number of hydrogen-bond acceptors (Lipinski definition) is 4. The number of Topliss-reactive ketones (excluding diaryl/α,β-unsaturated/α-hetero) is 1. The highest BCUT2D eigenvalue weighted by Crippen LogP contribution is 2.69. The number of carbonyl (C=O) groups excluding carboxylic acids is 2. The number of ether oxygens (including phenoxy) is 1. The molecule has 0 radical (unpaired) electrons. The molecule has 3 aromatic rings. The highest BCUT2D eigenvalue weighted by Gasteiger charge is 2.68. The first-order valence-electron chi connectivity index (χ1n) is 10.1. The van der Waals surface area contributed by atoms with Crippen molar-refractivity contribution in [3.63, 3.8) is 0 Å². The molecule has 6 nitrogen and oxygen atoms in total. The molecular formula is C23H21ClFN3O3. The van der Waals surface area contributed by atoms with E-state index in [1.807, 2.05) is 29.8 Å². The Kier molecular flexibility index (Phi) is 4.55. The lowest BCUT2D eigenvalue weighted by atomic mass is 9.38. The van der Waals surface area contributed by atoms with Gasteiger partial charge in [0.15, 0.2) is 12.4 Å². The van der Waals surface area contributed by atoms with Crippen molar-refractivity contribution < 1.29 is 18.7 Å². The smallest absolute Gasteiger partial charge is 0.258 e. The van der Waals surface area contributed by atoms with Gasteiger partial charge >= 0.3 is 0 Å². The van der Waals surface area contributed by atoms with E-state index in [9.17, 15) is 14.0 Å². The number of benzene rings is 2. The zero-order valence-corrected chi connectivity index (χ0v) is 17.7. The number of ketones is 1. The van der Waals surface area contributed by atoms with E-state index in [0.29, 0.717) is 12.0 Å². The lowest BCUT2D eigenvalue weighted by Crippen LogP contribution is -2.75. The molecular weight excluding hydrogens is 421 g/mol. The Morgan fingerprint density at radius 3 is 2.74 bits per heavy atom. The van der Waals surface area contributed by atoms with Crippen LogP contribution in [0.3, 0.4) is 0 Å². The summed E-state index contributed by atoms with van der Waals surface area (Å²) in [4.78, 5) is 29.3. The van der Waals surface area contributed by atoms with E-state index in [1.165, 1.54) is 12.1 Å². The minimum absolute atomic E-state index is 0.00506. The lowest BCUT2D eigenvalue weighted by Gasteiger charge is -2.70. The van der Waals surface area contributed by atoms with Crippen LogP contribution in [-0.2, 0) is 11.8 Å². The molecule has 0 unspecified atom stereocenters. The number of carbonyl (C=O) groups is 2. The van der Waals surface area contributed by atoms with Crippen LogP contribution in [0.4, 0.5) is 4.39 Å². The molecule has 1 heterocycles. The summed E-state index contributed by atoms with van der Waals surface area (Å²) in [6.45, 7) is -0.196. The minimum atomic E-state index is -0.590. The Bertz CT molecular complexity index is 1200. The van der Waals surface area contributed by atoms with Crippen LogP contribution in [0.2, 0.25) is 5.02 Å². The van der Waals surface area contributed by atoms with Crippen molar-refractivity contribution in [1.29, 1.82) is 0 Å². The first kappa shape index (κ1) is 20.0. The minimum Gasteiger partial charge on any atom is -0.484 e. The number of rotatable bonds is 7. The monoisotopic (exact) mass is 441 g/mol. The van der Waals surface area contributed by atoms with Crippen molar-refractivity contribution in [3.8, 4) is 5.75 Å². The molecule has 3 aliphatic rings. The number of aromatic nitrogens is 2. The molecule has 31 heavy (non-hydrogen) atoms. The van der Waals surface area contributed by atoms with Gasteiger partial charge in [0.2, 0.25) is 0 Å². The summed E-state index contributed by atoms with van der Waals surface area (Å²) in [6.07, 6.45) is 4.58. The fraction of sp³-hybridized carbons (Fsp3) is 0.348. The normalized spacial score (nSPS) is 23.7. The van der Waals surface area contributed by atoms with E-state index in [-0.39, 0.29) is 40.0 Å². The summed E-state index contributed by atoms with van der Waals surface area (Å²) in [5.74, 6) is -0.481. The number of nitrogens with zero attached hydrogens (tertiary/aromatic N) is 2. The molecule has 8 heteroatoms. The van der Waals surface area contributed by atoms with Crippen LogP contribution in [0.25, 0.3) is 11.0 Å². The van der Waals surface area contributed by atoms with Gasteiger partial charge in [-0.3, -0.25) is 9.59 Å². The second kappa shape index (κ2) is 7.05. The third-order valence-electron chi connectivity index (χ3n) is 6.39. The fourth-order valence-electron chi connectivity index (χ4n) is 5.12. The molecule has 0 atom stereocenters. The lowest BCUT2D eigenvalue weighted by molar-refractivity contribution is -0.164. The van der Waals surface area contributed by atoms with E-state index in [0.717, 1.165) is 36.4 Å². The maximum absolute atomic E-state index is 13.4. The Labute approximate surface area is 183 Å². The van der Waals surface area contributed by atoms with Crippen LogP contribution >= 0.6 is 11.6 Å². The van der Waals surface area contributed by atoms with Crippen molar-refractivity contribution in [2.75, 3.05) is 6.61 Å². The number of nitrogens with one attached hydrogen (secondary N) is 1.